The van der Waals surface area contributed by atoms with Crippen molar-refractivity contribution in [2.75, 3.05) is 11.9 Å². The molecule has 1 N–H and O–H groups in total. The predicted octanol–water partition coefficient (Wildman–Crippen LogP) is 3.37. The molecule has 0 aromatic carbocycles. The average Bonchev–Trinajstić information content (AvgIpc) is 2.89. The predicted molar refractivity (Wildman–Crippen MR) is 78.9 cm³/mol. The Morgan fingerprint density at radius 2 is 2.32 bits per heavy atom. The van der Waals surface area contributed by atoms with E-state index in [2.05, 4.69) is 46.6 Å². The smallest absolute Gasteiger partial charge is 0.226 e. The second kappa shape index (κ2) is 7.09. The van der Waals surface area contributed by atoms with Gasteiger partial charge in [-0.15, -0.1) is 11.3 Å². The molecule has 4 nitrogen and oxygen atoms in total. The highest BCUT2D eigenvalue weighted by Crippen LogP contribution is 2.14. The number of hydrogen-bond acceptors (Lipinski definition) is 5. The van der Waals surface area contributed by atoms with E-state index in [1.807, 2.05) is 0 Å². The summed E-state index contributed by atoms with van der Waals surface area (Å²) in [5.74, 6) is 1.25. The van der Waals surface area contributed by atoms with E-state index in [0.29, 0.717) is 24.5 Å². The minimum absolute atomic E-state index is 0.292. The average molecular weight is 277 g/mol. The fraction of sp³-hybridized carbons (Fsp3) is 0.429. The van der Waals surface area contributed by atoms with Crippen LogP contribution in [0.2, 0.25) is 0 Å². The van der Waals surface area contributed by atoms with Gasteiger partial charge in [0.05, 0.1) is 6.61 Å². The van der Waals surface area contributed by atoms with Gasteiger partial charge in [0.1, 0.15) is 0 Å². The van der Waals surface area contributed by atoms with E-state index in [9.17, 15) is 0 Å². The molecule has 2 rings (SSSR count). The highest BCUT2D eigenvalue weighted by molar-refractivity contribution is 7.09. The summed E-state index contributed by atoms with van der Waals surface area (Å²) in [5, 5.41) is 5.40. The number of nitrogens with zero attached hydrogens (tertiary/aromatic N) is 2. The van der Waals surface area contributed by atoms with Crippen molar-refractivity contribution in [1.29, 1.82) is 0 Å². The van der Waals surface area contributed by atoms with Crippen LogP contribution in [0.3, 0.4) is 0 Å². The fourth-order valence-electron chi connectivity index (χ4n) is 1.70. The standard InChI is InChI=1S/C14H19N3OS/c1-3-8-18-13-6-7-15-14(17-13)16-11(2)10-12-5-4-9-19-12/h4-7,9,11H,3,8,10H2,1-2H3,(H,15,16,17). The number of anilines is 1. The molecule has 1 unspecified atom stereocenters. The molecule has 0 aliphatic heterocycles. The molecule has 0 radical (unpaired) electrons. The lowest BCUT2D eigenvalue weighted by atomic mass is 10.2. The number of ether oxygens (including phenoxy) is 1. The fourth-order valence-corrected chi connectivity index (χ4v) is 2.54. The number of thiophene rings is 1. The Bertz CT molecular complexity index is 487. The summed E-state index contributed by atoms with van der Waals surface area (Å²) in [7, 11) is 0. The van der Waals surface area contributed by atoms with E-state index < -0.39 is 0 Å². The maximum atomic E-state index is 5.49. The van der Waals surface area contributed by atoms with E-state index in [0.717, 1.165) is 12.8 Å². The largest absolute Gasteiger partial charge is 0.478 e. The molecule has 0 fully saturated rings. The van der Waals surface area contributed by atoms with Crippen LogP contribution in [-0.2, 0) is 6.42 Å². The van der Waals surface area contributed by atoms with Crippen molar-refractivity contribution in [3.63, 3.8) is 0 Å². The van der Waals surface area contributed by atoms with Gasteiger partial charge in [-0.05, 0) is 24.8 Å². The molecule has 2 aromatic heterocycles. The molecular formula is C14H19N3OS. The lowest BCUT2D eigenvalue weighted by Gasteiger charge is -2.13. The molecule has 102 valence electrons. The second-order valence-corrected chi connectivity index (χ2v) is 5.43. The van der Waals surface area contributed by atoms with Gasteiger partial charge in [-0.3, -0.25) is 0 Å². The minimum Gasteiger partial charge on any atom is -0.478 e. The second-order valence-electron chi connectivity index (χ2n) is 4.40. The van der Waals surface area contributed by atoms with Crippen LogP contribution in [0.5, 0.6) is 5.88 Å². The van der Waals surface area contributed by atoms with Gasteiger partial charge >= 0.3 is 0 Å². The molecule has 19 heavy (non-hydrogen) atoms. The summed E-state index contributed by atoms with van der Waals surface area (Å²) in [4.78, 5) is 9.92. The van der Waals surface area contributed by atoms with Crippen LogP contribution in [0.25, 0.3) is 0 Å². The zero-order chi connectivity index (χ0) is 13.5. The normalized spacial score (nSPS) is 12.1. The van der Waals surface area contributed by atoms with Gasteiger partial charge in [0.15, 0.2) is 0 Å². The van der Waals surface area contributed by atoms with Crippen molar-refractivity contribution < 1.29 is 4.74 Å². The Morgan fingerprint density at radius 1 is 1.42 bits per heavy atom. The molecule has 0 aliphatic carbocycles. The first kappa shape index (κ1) is 13.8. The van der Waals surface area contributed by atoms with E-state index in [4.69, 9.17) is 4.74 Å². The molecule has 0 saturated heterocycles. The van der Waals surface area contributed by atoms with Gasteiger partial charge in [0.2, 0.25) is 11.8 Å². The third kappa shape index (κ3) is 4.52. The number of hydrogen-bond donors (Lipinski definition) is 1. The monoisotopic (exact) mass is 277 g/mol. The first-order valence-electron chi connectivity index (χ1n) is 6.52. The summed E-state index contributed by atoms with van der Waals surface area (Å²) >= 11 is 1.77. The number of rotatable bonds is 7. The number of aromatic nitrogens is 2. The van der Waals surface area contributed by atoms with Gasteiger partial charge in [0, 0.05) is 29.6 Å². The molecule has 0 amide bonds. The van der Waals surface area contributed by atoms with Crippen LogP contribution in [0.1, 0.15) is 25.1 Å². The summed E-state index contributed by atoms with van der Waals surface area (Å²) in [5.41, 5.74) is 0. The van der Waals surface area contributed by atoms with Crippen molar-refractivity contribution in [2.45, 2.75) is 32.7 Å². The van der Waals surface area contributed by atoms with Crippen LogP contribution in [-0.4, -0.2) is 22.6 Å². The molecule has 2 heterocycles. The summed E-state index contributed by atoms with van der Waals surface area (Å²) in [6, 6.07) is 6.29. The van der Waals surface area contributed by atoms with Crippen LogP contribution >= 0.6 is 11.3 Å². The van der Waals surface area contributed by atoms with Crippen LogP contribution < -0.4 is 10.1 Å². The minimum atomic E-state index is 0.292. The van der Waals surface area contributed by atoms with Gasteiger partial charge in [-0.2, -0.15) is 4.98 Å². The van der Waals surface area contributed by atoms with Gasteiger partial charge in [0.25, 0.3) is 0 Å². The van der Waals surface area contributed by atoms with E-state index in [1.165, 1.54) is 4.88 Å². The maximum absolute atomic E-state index is 5.49. The molecule has 2 aromatic rings. The highest BCUT2D eigenvalue weighted by atomic mass is 32.1. The molecule has 0 saturated carbocycles. The lowest BCUT2D eigenvalue weighted by Crippen LogP contribution is -2.19. The van der Waals surface area contributed by atoms with Gasteiger partial charge in [-0.1, -0.05) is 13.0 Å². The number of nitrogens with one attached hydrogen (secondary N) is 1. The Hall–Kier alpha value is -1.62. The third-order valence-electron chi connectivity index (χ3n) is 2.55. The van der Waals surface area contributed by atoms with Crippen molar-refractivity contribution in [1.82, 2.24) is 9.97 Å². The van der Waals surface area contributed by atoms with Crippen molar-refractivity contribution in [3.05, 3.63) is 34.7 Å². The van der Waals surface area contributed by atoms with Crippen molar-refractivity contribution in [3.8, 4) is 5.88 Å². The van der Waals surface area contributed by atoms with E-state index in [-0.39, 0.29) is 0 Å². The molecular weight excluding hydrogens is 258 g/mol. The zero-order valence-corrected chi connectivity index (χ0v) is 12.1. The van der Waals surface area contributed by atoms with Crippen LogP contribution in [0.4, 0.5) is 5.95 Å². The Labute approximate surface area is 117 Å². The lowest BCUT2D eigenvalue weighted by molar-refractivity contribution is 0.305. The quantitative estimate of drug-likeness (QED) is 0.843. The molecule has 1 atom stereocenters. The van der Waals surface area contributed by atoms with E-state index >= 15 is 0 Å². The highest BCUT2D eigenvalue weighted by Gasteiger charge is 2.07. The topological polar surface area (TPSA) is 47.0 Å². The Kier molecular flexibility index (Phi) is 5.15. The first-order valence-corrected chi connectivity index (χ1v) is 7.40. The van der Waals surface area contributed by atoms with Crippen molar-refractivity contribution in [2.24, 2.45) is 0 Å². The Balaban J connectivity index is 1.90. The molecule has 0 aliphatic rings. The van der Waals surface area contributed by atoms with Crippen LogP contribution in [0.15, 0.2) is 29.8 Å². The Morgan fingerprint density at radius 3 is 3.05 bits per heavy atom. The third-order valence-corrected chi connectivity index (χ3v) is 3.45. The SMILES string of the molecule is CCCOc1ccnc(NC(C)Cc2cccs2)n1. The van der Waals surface area contributed by atoms with Gasteiger partial charge in [-0.25, -0.2) is 4.98 Å². The molecule has 0 bridgehead atoms. The molecule has 5 heteroatoms. The van der Waals surface area contributed by atoms with Gasteiger partial charge < -0.3 is 10.1 Å². The maximum Gasteiger partial charge on any atom is 0.226 e. The zero-order valence-electron chi connectivity index (χ0n) is 11.3. The first-order chi connectivity index (χ1) is 9.28. The van der Waals surface area contributed by atoms with Crippen molar-refractivity contribution >= 4 is 17.3 Å². The summed E-state index contributed by atoms with van der Waals surface area (Å²) in [6.07, 6.45) is 3.67. The summed E-state index contributed by atoms with van der Waals surface area (Å²) < 4.78 is 5.49. The van der Waals surface area contributed by atoms with Crippen LogP contribution in [0, 0.1) is 0 Å². The molecule has 0 spiro atoms. The van der Waals surface area contributed by atoms with E-state index in [1.54, 1.807) is 23.6 Å². The summed E-state index contributed by atoms with van der Waals surface area (Å²) in [6.45, 7) is 4.88.